The Morgan fingerprint density at radius 2 is 2.29 bits per heavy atom. The fourth-order valence-corrected chi connectivity index (χ4v) is 1.87. The highest BCUT2D eigenvalue weighted by molar-refractivity contribution is 5.83. The van der Waals surface area contributed by atoms with Gasteiger partial charge in [0, 0.05) is 13.6 Å². The van der Waals surface area contributed by atoms with Crippen molar-refractivity contribution in [3.8, 4) is 0 Å². The number of H-pyrrole nitrogens is 1. The normalized spacial score (nSPS) is 15.1. The van der Waals surface area contributed by atoms with Crippen LogP contribution in [0.25, 0.3) is 11.2 Å². The van der Waals surface area contributed by atoms with Crippen molar-refractivity contribution in [2.45, 2.75) is 19.3 Å². The van der Waals surface area contributed by atoms with Crippen LogP contribution in [0.5, 0.6) is 0 Å². The zero-order chi connectivity index (χ0) is 11.7. The highest BCUT2D eigenvalue weighted by atomic mass is 15.2. The number of hydrogen-bond acceptors (Lipinski definition) is 5. The van der Waals surface area contributed by atoms with Gasteiger partial charge in [0.25, 0.3) is 0 Å². The molecule has 1 aliphatic rings. The van der Waals surface area contributed by atoms with E-state index in [2.05, 4.69) is 30.6 Å². The van der Waals surface area contributed by atoms with Gasteiger partial charge in [0.05, 0.1) is 6.33 Å². The van der Waals surface area contributed by atoms with Crippen LogP contribution in [0.1, 0.15) is 19.3 Å². The van der Waals surface area contributed by atoms with Gasteiger partial charge in [-0.1, -0.05) is 12.8 Å². The number of nitrogens with one attached hydrogen (secondary N) is 3. The quantitative estimate of drug-likeness (QED) is 0.730. The van der Waals surface area contributed by atoms with E-state index in [1.165, 1.54) is 19.3 Å². The molecule has 17 heavy (non-hydrogen) atoms. The molecule has 2 aromatic rings. The lowest BCUT2D eigenvalue weighted by atomic mass is 10.3. The van der Waals surface area contributed by atoms with Crippen LogP contribution in [0.3, 0.4) is 0 Å². The molecule has 2 heterocycles. The van der Waals surface area contributed by atoms with E-state index in [0.717, 1.165) is 23.8 Å². The lowest BCUT2D eigenvalue weighted by molar-refractivity contribution is 0.758. The highest BCUT2D eigenvalue weighted by Crippen LogP contribution is 2.32. The van der Waals surface area contributed by atoms with Gasteiger partial charge in [-0.15, -0.1) is 0 Å². The summed E-state index contributed by atoms with van der Waals surface area (Å²) in [6.07, 6.45) is 5.62. The smallest absolute Gasteiger partial charge is 0.226 e. The van der Waals surface area contributed by atoms with E-state index in [1.54, 1.807) is 6.33 Å². The lowest BCUT2D eigenvalue weighted by Gasteiger charge is -2.07. The van der Waals surface area contributed by atoms with E-state index in [9.17, 15) is 0 Å². The Bertz CT molecular complexity index is 516. The van der Waals surface area contributed by atoms with Crippen LogP contribution in [0.15, 0.2) is 6.33 Å². The predicted molar refractivity (Wildman–Crippen MR) is 67.1 cm³/mol. The summed E-state index contributed by atoms with van der Waals surface area (Å²) in [6.45, 7) is 0.957. The van der Waals surface area contributed by atoms with Crippen molar-refractivity contribution in [2.75, 3.05) is 24.2 Å². The van der Waals surface area contributed by atoms with E-state index in [-0.39, 0.29) is 0 Å². The molecule has 0 atom stereocenters. The van der Waals surface area contributed by atoms with Crippen LogP contribution >= 0.6 is 0 Å². The van der Waals surface area contributed by atoms with E-state index in [1.807, 2.05) is 7.05 Å². The minimum absolute atomic E-state index is 0.596. The molecule has 3 N–H and O–H groups in total. The Labute approximate surface area is 99.3 Å². The second-order valence-electron chi connectivity index (χ2n) is 4.41. The fraction of sp³-hybridized carbons (Fsp3) is 0.545. The number of nitrogens with zero attached hydrogens (tertiary/aromatic N) is 3. The van der Waals surface area contributed by atoms with Crippen molar-refractivity contribution < 1.29 is 0 Å². The van der Waals surface area contributed by atoms with Crippen LogP contribution in [0.4, 0.5) is 11.8 Å². The molecule has 6 heteroatoms. The summed E-state index contributed by atoms with van der Waals surface area (Å²) in [7, 11) is 1.81. The average molecular weight is 232 g/mol. The molecule has 0 spiro atoms. The van der Waals surface area contributed by atoms with E-state index in [0.29, 0.717) is 11.6 Å². The first-order valence-electron chi connectivity index (χ1n) is 5.99. The number of hydrogen-bond donors (Lipinski definition) is 3. The Morgan fingerprint density at radius 3 is 3.06 bits per heavy atom. The van der Waals surface area contributed by atoms with Gasteiger partial charge >= 0.3 is 0 Å². The molecule has 6 nitrogen and oxygen atoms in total. The monoisotopic (exact) mass is 232 g/mol. The van der Waals surface area contributed by atoms with Crippen molar-refractivity contribution in [1.82, 2.24) is 19.9 Å². The Kier molecular flexibility index (Phi) is 2.55. The minimum Gasteiger partial charge on any atom is -0.368 e. The van der Waals surface area contributed by atoms with Gasteiger partial charge in [0.2, 0.25) is 5.95 Å². The zero-order valence-corrected chi connectivity index (χ0v) is 9.82. The summed E-state index contributed by atoms with van der Waals surface area (Å²) in [4.78, 5) is 15.9. The predicted octanol–water partition coefficient (Wildman–Crippen LogP) is 1.61. The van der Waals surface area contributed by atoms with Crippen molar-refractivity contribution in [3.05, 3.63) is 6.33 Å². The molecule has 0 aromatic carbocycles. The number of aromatic nitrogens is 4. The van der Waals surface area contributed by atoms with Crippen molar-refractivity contribution in [3.63, 3.8) is 0 Å². The van der Waals surface area contributed by atoms with E-state index < -0.39 is 0 Å². The molecule has 90 valence electrons. The molecule has 1 aliphatic carbocycles. The summed E-state index contributed by atoms with van der Waals surface area (Å²) in [5, 5.41) is 6.30. The first-order valence-corrected chi connectivity index (χ1v) is 5.99. The Hall–Kier alpha value is -1.85. The summed E-state index contributed by atoms with van der Waals surface area (Å²) in [5.74, 6) is 2.35. The maximum Gasteiger partial charge on any atom is 0.226 e. The van der Waals surface area contributed by atoms with Gasteiger partial charge < -0.3 is 15.6 Å². The minimum atomic E-state index is 0.596. The second kappa shape index (κ2) is 4.20. The fourth-order valence-electron chi connectivity index (χ4n) is 1.87. The van der Waals surface area contributed by atoms with Crippen LogP contribution in [-0.2, 0) is 0 Å². The molecular formula is C11H16N6. The molecule has 0 unspecified atom stereocenters. The first kappa shape index (κ1) is 10.3. The van der Waals surface area contributed by atoms with Crippen LogP contribution in [-0.4, -0.2) is 33.5 Å². The number of anilines is 2. The largest absolute Gasteiger partial charge is 0.368 e. The Morgan fingerprint density at radius 1 is 1.41 bits per heavy atom. The maximum atomic E-state index is 4.40. The second-order valence-corrected chi connectivity index (χ2v) is 4.41. The zero-order valence-electron chi connectivity index (χ0n) is 9.82. The van der Waals surface area contributed by atoms with Gasteiger partial charge in [0.15, 0.2) is 11.5 Å². The Balaban J connectivity index is 1.81. The van der Waals surface area contributed by atoms with E-state index >= 15 is 0 Å². The topological polar surface area (TPSA) is 78.5 Å². The standard InChI is InChI=1S/C11H16N6/c1-12-11-16-9(13-5-4-7-2-3-7)8-10(17-11)15-6-14-8/h6-7H,2-5H2,1H3,(H3,12,13,14,15,16,17). The van der Waals surface area contributed by atoms with Crippen LogP contribution < -0.4 is 10.6 Å². The molecule has 0 saturated heterocycles. The van der Waals surface area contributed by atoms with Crippen molar-refractivity contribution >= 4 is 22.9 Å². The average Bonchev–Trinajstić information content (AvgIpc) is 3.04. The summed E-state index contributed by atoms with van der Waals surface area (Å²) < 4.78 is 0. The van der Waals surface area contributed by atoms with E-state index in [4.69, 9.17) is 0 Å². The van der Waals surface area contributed by atoms with Crippen molar-refractivity contribution in [1.29, 1.82) is 0 Å². The van der Waals surface area contributed by atoms with Gasteiger partial charge in [-0.05, 0) is 12.3 Å². The van der Waals surface area contributed by atoms with Crippen molar-refractivity contribution in [2.24, 2.45) is 5.92 Å². The number of imidazole rings is 1. The van der Waals surface area contributed by atoms with Gasteiger partial charge in [-0.25, -0.2) is 4.98 Å². The molecule has 2 aromatic heterocycles. The highest BCUT2D eigenvalue weighted by Gasteiger charge is 2.20. The van der Waals surface area contributed by atoms with Gasteiger partial charge in [0.1, 0.15) is 5.52 Å². The third kappa shape index (κ3) is 2.15. The third-order valence-corrected chi connectivity index (χ3v) is 3.05. The molecule has 0 amide bonds. The summed E-state index contributed by atoms with van der Waals surface area (Å²) in [5.41, 5.74) is 1.57. The summed E-state index contributed by atoms with van der Waals surface area (Å²) >= 11 is 0. The number of aromatic amines is 1. The molecule has 3 rings (SSSR count). The van der Waals surface area contributed by atoms with Gasteiger partial charge in [-0.3, -0.25) is 0 Å². The molecule has 0 aliphatic heterocycles. The number of rotatable bonds is 5. The third-order valence-electron chi connectivity index (χ3n) is 3.05. The number of fused-ring (bicyclic) bond motifs is 1. The molecular weight excluding hydrogens is 216 g/mol. The lowest BCUT2D eigenvalue weighted by Crippen LogP contribution is -2.07. The maximum absolute atomic E-state index is 4.40. The molecule has 0 bridgehead atoms. The molecule has 0 radical (unpaired) electrons. The molecule has 1 saturated carbocycles. The first-order chi connectivity index (χ1) is 8.36. The summed E-state index contributed by atoms with van der Waals surface area (Å²) in [6, 6.07) is 0. The SMILES string of the molecule is CNc1nc(NCCC2CC2)c2[nH]cnc2n1. The molecule has 1 fully saturated rings. The van der Waals surface area contributed by atoms with Crippen LogP contribution in [0, 0.1) is 5.92 Å². The van der Waals surface area contributed by atoms with Gasteiger partial charge in [-0.2, -0.15) is 9.97 Å². The van der Waals surface area contributed by atoms with Crippen LogP contribution in [0.2, 0.25) is 0 Å².